The smallest absolute Gasteiger partial charge is 0.384 e. The number of nitrogens with two attached hydrogens (primary N) is 1. The first-order chi connectivity index (χ1) is 17.8. The summed E-state index contributed by atoms with van der Waals surface area (Å²) in [4.78, 5) is 27.3. The number of halogens is 3. The number of amides is 2. The molecule has 3 aromatic rings. The maximum Gasteiger partial charge on any atom is 0.417 e. The molecule has 0 saturated carbocycles. The number of carbonyl (C=O) groups is 2. The van der Waals surface area contributed by atoms with Crippen LogP contribution in [0.5, 0.6) is 0 Å². The summed E-state index contributed by atoms with van der Waals surface area (Å²) in [6.45, 7) is 1.40. The molecule has 38 heavy (non-hydrogen) atoms. The Kier molecular flexibility index (Phi) is 8.36. The molecular weight excluding hydrogens is 525 g/mol. The SMILES string of the molecule is CC(NC(=O)CC(=O)Nc1ccc(C(=N)N)cc1)c1ccc(S(=O)(=O)Nc2ccncc2)c(C(F)(F)F)c1. The number of nitrogens with one attached hydrogen (secondary N) is 4. The van der Waals surface area contributed by atoms with Crippen LogP contribution in [-0.4, -0.2) is 31.1 Å². The van der Waals surface area contributed by atoms with Crippen LogP contribution in [0.4, 0.5) is 24.5 Å². The first-order valence-electron chi connectivity index (χ1n) is 10.9. The molecule has 0 bridgehead atoms. The van der Waals surface area contributed by atoms with Crippen molar-refractivity contribution >= 4 is 39.0 Å². The van der Waals surface area contributed by atoms with Gasteiger partial charge in [0, 0.05) is 23.6 Å². The minimum Gasteiger partial charge on any atom is -0.384 e. The number of hydrogen-bond acceptors (Lipinski definition) is 6. The third-order valence-corrected chi connectivity index (χ3v) is 6.65. The molecule has 0 fully saturated rings. The molecule has 0 radical (unpaired) electrons. The Hall–Kier alpha value is -4.46. The molecule has 0 spiro atoms. The summed E-state index contributed by atoms with van der Waals surface area (Å²) < 4.78 is 68.9. The first kappa shape index (κ1) is 28.1. The van der Waals surface area contributed by atoms with Crippen LogP contribution in [0.2, 0.25) is 0 Å². The zero-order chi connectivity index (χ0) is 28.1. The van der Waals surface area contributed by atoms with Crippen molar-refractivity contribution in [3.05, 3.63) is 83.7 Å². The van der Waals surface area contributed by atoms with E-state index in [1.807, 2.05) is 0 Å². The maximum atomic E-state index is 13.8. The number of carbonyl (C=O) groups excluding carboxylic acids is 2. The molecule has 6 N–H and O–H groups in total. The molecule has 3 rings (SSSR count). The van der Waals surface area contributed by atoms with E-state index in [0.29, 0.717) is 17.3 Å². The number of amidine groups is 1. The van der Waals surface area contributed by atoms with Gasteiger partial charge in [0.05, 0.1) is 22.2 Å². The van der Waals surface area contributed by atoms with Crippen LogP contribution in [0.25, 0.3) is 0 Å². The lowest BCUT2D eigenvalue weighted by molar-refractivity contribution is -0.140. The number of sulfonamides is 1. The molecular formula is C24H23F3N6O4S. The lowest BCUT2D eigenvalue weighted by Gasteiger charge is -2.19. The zero-order valence-electron chi connectivity index (χ0n) is 19.8. The summed E-state index contributed by atoms with van der Waals surface area (Å²) in [5.41, 5.74) is 4.76. The second-order valence-corrected chi connectivity index (χ2v) is 9.75. The van der Waals surface area contributed by atoms with Crippen LogP contribution < -0.4 is 21.1 Å². The molecule has 0 saturated heterocycles. The van der Waals surface area contributed by atoms with Crippen LogP contribution in [0.3, 0.4) is 0 Å². The molecule has 0 aliphatic rings. The first-order valence-corrected chi connectivity index (χ1v) is 12.4. The summed E-state index contributed by atoms with van der Waals surface area (Å²) in [7, 11) is -4.60. The second kappa shape index (κ2) is 11.3. The summed E-state index contributed by atoms with van der Waals surface area (Å²) in [6, 6.07) is 10.2. The zero-order valence-corrected chi connectivity index (χ0v) is 20.7. The number of hydrogen-bond donors (Lipinski definition) is 5. The number of aromatic nitrogens is 1. The van der Waals surface area contributed by atoms with Gasteiger partial charge in [0.2, 0.25) is 11.8 Å². The van der Waals surface area contributed by atoms with Gasteiger partial charge in [-0.3, -0.25) is 24.7 Å². The van der Waals surface area contributed by atoms with Crippen LogP contribution in [0.1, 0.15) is 36.1 Å². The molecule has 200 valence electrons. The molecule has 2 aromatic carbocycles. The van der Waals surface area contributed by atoms with Gasteiger partial charge in [-0.1, -0.05) is 6.07 Å². The number of rotatable bonds is 9. The van der Waals surface area contributed by atoms with Crippen LogP contribution >= 0.6 is 0 Å². The van der Waals surface area contributed by atoms with Gasteiger partial charge in [-0.2, -0.15) is 13.2 Å². The molecule has 1 unspecified atom stereocenters. The van der Waals surface area contributed by atoms with E-state index in [0.717, 1.165) is 12.1 Å². The minimum absolute atomic E-state index is 0.0197. The lowest BCUT2D eigenvalue weighted by atomic mass is 10.0. The number of benzene rings is 2. The van der Waals surface area contributed by atoms with Crippen molar-refractivity contribution in [3.63, 3.8) is 0 Å². The number of anilines is 2. The minimum atomic E-state index is -5.01. The van der Waals surface area contributed by atoms with Gasteiger partial charge in [-0.15, -0.1) is 0 Å². The third-order valence-electron chi connectivity index (χ3n) is 5.21. The van der Waals surface area contributed by atoms with Gasteiger partial charge in [-0.05, 0) is 61.0 Å². The van der Waals surface area contributed by atoms with E-state index in [2.05, 4.69) is 20.3 Å². The highest BCUT2D eigenvalue weighted by atomic mass is 32.2. The number of nitrogens with zero attached hydrogens (tertiary/aromatic N) is 1. The highest BCUT2D eigenvalue weighted by Gasteiger charge is 2.38. The Bertz CT molecular complexity index is 1450. The van der Waals surface area contributed by atoms with Crippen LogP contribution in [-0.2, 0) is 25.8 Å². The topological polar surface area (TPSA) is 167 Å². The molecule has 1 aromatic heterocycles. The standard InChI is InChI=1S/C24H23F3N6O4S/c1-14(31-21(34)13-22(35)32-17-5-2-15(3-6-17)23(28)29)16-4-7-20(19(12-16)24(25,26)27)38(36,37)33-18-8-10-30-11-9-18/h2-12,14H,13H2,1H3,(H3,28,29)(H,30,33)(H,31,34)(H,32,35). The fourth-order valence-electron chi connectivity index (χ4n) is 3.36. The van der Waals surface area contributed by atoms with Crippen molar-refractivity contribution in [1.82, 2.24) is 10.3 Å². The Labute approximate surface area is 216 Å². The Balaban J connectivity index is 1.71. The largest absolute Gasteiger partial charge is 0.417 e. The summed E-state index contributed by atoms with van der Waals surface area (Å²) in [5.74, 6) is -1.59. The number of alkyl halides is 3. The summed E-state index contributed by atoms with van der Waals surface area (Å²) in [6.07, 6.45) is -3.08. The van der Waals surface area contributed by atoms with E-state index in [1.165, 1.54) is 55.7 Å². The molecule has 14 heteroatoms. The van der Waals surface area contributed by atoms with Crippen molar-refractivity contribution in [1.29, 1.82) is 5.41 Å². The van der Waals surface area contributed by atoms with Gasteiger partial charge < -0.3 is 16.4 Å². The van der Waals surface area contributed by atoms with E-state index >= 15 is 0 Å². The Morgan fingerprint density at radius 3 is 2.21 bits per heavy atom. The maximum absolute atomic E-state index is 13.8. The molecule has 0 aliphatic carbocycles. The Morgan fingerprint density at radius 1 is 1.00 bits per heavy atom. The van der Waals surface area contributed by atoms with Crippen molar-refractivity contribution in [2.45, 2.75) is 30.5 Å². The van der Waals surface area contributed by atoms with Crippen molar-refractivity contribution in [3.8, 4) is 0 Å². The van der Waals surface area contributed by atoms with Gasteiger partial charge in [0.15, 0.2) is 0 Å². The van der Waals surface area contributed by atoms with Crippen LogP contribution in [0, 0.1) is 5.41 Å². The Morgan fingerprint density at radius 2 is 1.63 bits per heavy atom. The average molecular weight is 549 g/mol. The van der Waals surface area contributed by atoms with E-state index in [9.17, 15) is 31.2 Å². The molecule has 0 aliphatic heterocycles. The lowest BCUT2D eigenvalue weighted by Crippen LogP contribution is -2.30. The normalized spacial score (nSPS) is 12.3. The second-order valence-electron chi connectivity index (χ2n) is 8.10. The van der Waals surface area contributed by atoms with E-state index in [4.69, 9.17) is 11.1 Å². The molecule has 1 atom stereocenters. The number of nitrogen functional groups attached to an aromatic ring is 1. The average Bonchev–Trinajstić information content (AvgIpc) is 2.83. The fraction of sp³-hybridized carbons (Fsp3) is 0.167. The van der Waals surface area contributed by atoms with E-state index in [-0.39, 0.29) is 17.1 Å². The van der Waals surface area contributed by atoms with Crippen molar-refractivity contribution in [2.75, 3.05) is 10.0 Å². The van der Waals surface area contributed by atoms with Gasteiger partial charge >= 0.3 is 6.18 Å². The van der Waals surface area contributed by atoms with Crippen molar-refractivity contribution in [2.24, 2.45) is 5.73 Å². The summed E-state index contributed by atoms with van der Waals surface area (Å²) in [5, 5.41) is 12.3. The predicted octanol–water partition coefficient (Wildman–Crippen LogP) is 3.39. The quantitative estimate of drug-likeness (QED) is 0.156. The molecule has 10 nitrogen and oxygen atoms in total. The summed E-state index contributed by atoms with van der Waals surface area (Å²) >= 11 is 0. The van der Waals surface area contributed by atoms with Crippen molar-refractivity contribution < 1.29 is 31.2 Å². The predicted molar refractivity (Wildman–Crippen MR) is 134 cm³/mol. The van der Waals surface area contributed by atoms with Crippen LogP contribution in [0.15, 0.2) is 71.9 Å². The fourth-order valence-corrected chi connectivity index (χ4v) is 4.63. The third kappa shape index (κ3) is 7.29. The van der Waals surface area contributed by atoms with Gasteiger partial charge in [0.1, 0.15) is 12.3 Å². The number of pyridine rings is 1. The molecule has 1 heterocycles. The monoisotopic (exact) mass is 548 g/mol. The van der Waals surface area contributed by atoms with E-state index < -0.39 is 50.9 Å². The van der Waals surface area contributed by atoms with Gasteiger partial charge in [0.25, 0.3) is 10.0 Å². The van der Waals surface area contributed by atoms with Gasteiger partial charge in [-0.25, -0.2) is 8.42 Å². The molecule has 2 amide bonds. The highest BCUT2D eigenvalue weighted by Crippen LogP contribution is 2.36. The van der Waals surface area contributed by atoms with E-state index in [1.54, 1.807) is 0 Å². The highest BCUT2D eigenvalue weighted by molar-refractivity contribution is 7.92.